The molecule has 5 nitrogen and oxygen atoms in total. The number of fused-ring (bicyclic) bond motifs is 3. The summed E-state index contributed by atoms with van der Waals surface area (Å²) in [6.45, 7) is 9.25. The Morgan fingerprint density at radius 2 is 1.91 bits per heavy atom. The van der Waals surface area contributed by atoms with Crippen LogP contribution in [0.4, 0.5) is 0 Å². The van der Waals surface area contributed by atoms with Crippen molar-refractivity contribution in [2.24, 2.45) is 0 Å². The molecule has 4 aromatic rings. The lowest BCUT2D eigenvalue weighted by molar-refractivity contribution is 0.307. The maximum absolute atomic E-state index is 9.69. The summed E-state index contributed by atoms with van der Waals surface area (Å²) in [4.78, 5) is 9.67. The quantitative estimate of drug-likeness (QED) is 0.377. The zero-order valence-corrected chi connectivity index (χ0v) is 19.4. The standard InChI is InChI=1S/C28H26N4O/c1-5-25-31-27-17(2)12-19(4)30-28(27)32(25)15-20-10-11-23-24(13-20)33-16-21-8-6-7-9-22(21)26(23)18(3)14-29/h6-13H,5,15-16H2,1-4H3. The van der Waals surface area contributed by atoms with E-state index in [1.807, 2.05) is 26.0 Å². The van der Waals surface area contributed by atoms with E-state index >= 15 is 0 Å². The number of hydrogen-bond donors (Lipinski definition) is 0. The van der Waals surface area contributed by atoms with Crippen LogP contribution < -0.4 is 4.74 Å². The molecule has 5 rings (SSSR count). The number of nitrogens with zero attached hydrogens (tertiary/aromatic N) is 4. The van der Waals surface area contributed by atoms with Crippen LogP contribution in [0, 0.1) is 25.2 Å². The predicted octanol–water partition coefficient (Wildman–Crippen LogP) is 5.90. The highest BCUT2D eigenvalue weighted by atomic mass is 16.5. The van der Waals surface area contributed by atoms with E-state index in [1.54, 1.807) is 0 Å². The van der Waals surface area contributed by atoms with E-state index < -0.39 is 0 Å². The van der Waals surface area contributed by atoms with Crippen LogP contribution in [0.25, 0.3) is 16.7 Å². The zero-order valence-electron chi connectivity index (χ0n) is 19.4. The van der Waals surface area contributed by atoms with Gasteiger partial charge in [0.05, 0.1) is 12.6 Å². The number of aryl methyl sites for hydroxylation is 3. The third kappa shape index (κ3) is 3.58. The minimum absolute atomic E-state index is 0.475. The molecule has 0 fully saturated rings. The Balaban J connectivity index is 1.62. The maximum atomic E-state index is 9.69. The second-order valence-electron chi connectivity index (χ2n) is 8.61. The summed E-state index contributed by atoms with van der Waals surface area (Å²) in [6, 6.07) is 18.9. The summed E-state index contributed by atoms with van der Waals surface area (Å²) in [5.74, 6) is 1.83. The molecular formula is C28H26N4O. The van der Waals surface area contributed by atoms with Gasteiger partial charge in [-0.05, 0) is 55.2 Å². The molecule has 33 heavy (non-hydrogen) atoms. The molecule has 2 aromatic heterocycles. The van der Waals surface area contributed by atoms with Gasteiger partial charge < -0.3 is 9.30 Å². The molecule has 0 saturated heterocycles. The van der Waals surface area contributed by atoms with Gasteiger partial charge in [-0.2, -0.15) is 5.26 Å². The summed E-state index contributed by atoms with van der Waals surface area (Å²) in [5.41, 5.74) is 9.89. The van der Waals surface area contributed by atoms with E-state index in [0.29, 0.717) is 18.7 Å². The zero-order chi connectivity index (χ0) is 23.1. The third-order valence-electron chi connectivity index (χ3n) is 6.29. The minimum atomic E-state index is 0.475. The van der Waals surface area contributed by atoms with Crippen molar-refractivity contribution in [3.8, 4) is 11.8 Å². The van der Waals surface area contributed by atoms with Crippen molar-refractivity contribution in [3.05, 3.63) is 93.4 Å². The molecule has 164 valence electrons. The topological polar surface area (TPSA) is 63.7 Å². The van der Waals surface area contributed by atoms with Gasteiger partial charge in [0, 0.05) is 28.8 Å². The number of benzene rings is 2. The average Bonchev–Trinajstić information content (AvgIpc) is 3.07. The number of hydrogen-bond acceptors (Lipinski definition) is 4. The first kappa shape index (κ1) is 21.0. The Bertz CT molecular complexity index is 1470. The fourth-order valence-electron chi connectivity index (χ4n) is 4.71. The van der Waals surface area contributed by atoms with Crippen LogP contribution in [-0.4, -0.2) is 14.5 Å². The largest absolute Gasteiger partial charge is 0.488 e. The summed E-state index contributed by atoms with van der Waals surface area (Å²) in [6.07, 6.45) is 0.833. The van der Waals surface area contributed by atoms with Crippen molar-refractivity contribution < 1.29 is 4.74 Å². The van der Waals surface area contributed by atoms with Gasteiger partial charge in [0.25, 0.3) is 0 Å². The molecule has 0 unspecified atom stereocenters. The lowest BCUT2D eigenvalue weighted by Crippen LogP contribution is -2.06. The van der Waals surface area contributed by atoms with Crippen LogP contribution in [0.3, 0.4) is 0 Å². The molecule has 5 heteroatoms. The van der Waals surface area contributed by atoms with Crippen LogP contribution >= 0.6 is 0 Å². The average molecular weight is 435 g/mol. The number of ether oxygens (including phenoxy) is 1. The van der Waals surface area contributed by atoms with Crippen LogP contribution in [0.2, 0.25) is 0 Å². The highest BCUT2D eigenvalue weighted by Gasteiger charge is 2.22. The monoisotopic (exact) mass is 434 g/mol. The first-order valence-electron chi connectivity index (χ1n) is 11.3. The minimum Gasteiger partial charge on any atom is -0.488 e. The molecule has 1 aliphatic heterocycles. The molecule has 0 aliphatic carbocycles. The van der Waals surface area contributed by atoms with Gasteiger partial charge in [0.1, 0.15) is 23.7 Å². The van der Waals surface area contributed by atoms with E-state index in [2.05, 4.69) is 60.9 Å². The molecule has 0 atom stereocenters. The molecular weight excluding hydrogens is 408 g/mol. The molecule has 0 amide bonds. The van der Waals surface area contributed by atoms with Gasteiger partial charge >= 0.3 is 0 Å². The van der Waals surface area contributed by atoms with Crippen LogP contribution in [0.15, 0.2) is 54.1 Å². The van der Waals surface area contributed by atoms with Crippen molar-refractivity contribution in [2.75, 3.05) is 0 Å². The van der Waals surface area contributed by atoms with Gasteiger partial charge in [-0.25, -0.2) is 9.97 Å². The molecule has 0 spiro atoms. The SMILES string of the molecule is CCc1nc2c(C)cc(C)nc2n1Cc1ccc2c(c1)OCc1ccccc1C2=C(C)C#N. The van der Waals surface area contributed by atoms with Gasteiger partial charge in [0.2, 0.25) is 0 Å². The number of pyridine rings is 1. The molecule has 0 N–H and O–H groups in total. The van der Waals surface area contributed by atoms with Crippen LogP contribution in [0.1, 0.15) is 53.2 Å². The van der Waals surface area contributed by atoms with E-state index in [0.717, 1.165) is 68.2 Å². The van der Waals surface area contributed by atoms with E-state index in [9.17, 15) is 5.26 Å². The Kier molecular flexibility index (Phi) is 5.22. The Labute approximate surface area is 194 Å². The number of allylic oxidation sites excluding steroid dienone is 1. The summed E-state index contributed by atoms with van der Waals surface area (Å²) < 4.78 is 8.47. The van der Waals surface area contributed by atoms with Crippen LogP contribution in [-0.2, 0) is 19.6 Å². The number of nitriles is 1. The fourth-order valence-corrected chi connectivity index (χ4v) is 4.71. The van der Waals surface area contributed by atoms with Crippen molar-refractivity contribution in [1.29, 1.82) is 5.26 Å². The number of rotatable bonds is 3. The summed E-state index contributed by atoms with van der Waals surface area (Å²) in [5, 5.41) is 9.69. The molecule has 0 radical (unpaired) electrons. The van der Waals surface area contributed by atoms with E-state index in [1.165, 1.54) is 0 Å². The van der Waals surface area contributed by atoms with Crippen molar-refractivity contribution in [2.45, 2.75) is 47.3 Å². The van der Waals surface area contributed by atoms with Crippen molar-refractivity contribution >= 4 is 16.7 Å². The van der Waals surface area contributed by atoms with Gasteiger partial charge in [0.15, 0.2) is 5.65 Å². The lowest BCUT2D eigenvalue weighted by Gasteiger charge is -2.14. The highest BCUT2D eigenvalue weighted by molar-refractivity contribution is 5.88. The lowest BCUT2D eigenvalue weighted by atomic mass is 9.90. The third-order valence-corrected chi connectivity index (χ3v) is 6.29. The second kappa shape index (κ2) is 8.22. The second-order valence-corrected chi connectivity index (χ2v) is 8.61. The normalized spacial score (nSPS) is 14.2. The predicted molar refractivity (Wildman–Crippen MR) is 130 cm³/mol. The summed E-state index contributed by atoms with van der Waals surface area (Å²) >= 11 is 0. The smallest absolute Gasteiger partial charge is 0.160 e. The Morgan fingerprint density at radius 1 is 1.09 bits per heavy atom. The molecule has 0 bridgehead atoms. The molecule has 2 aromatic carbocycles. The Hall–Kier alpha value is -3.91. The molecule has 3 heterocycles. The van der Waals surface area contributed by atoms with E-state index in [4.69, 9.17) is 14.7 Å². The van der Waals surface area contributed by atoms with Crippen LogP contribution in [0.5, 0.6) is 5.75 Å². The number of imidazole rings is 1. The fraction of sp³-hybridized carbons (Fsp3) is 0.250. The van der Waals surface area contributed by atoms with Crippen molar-refractivity contribution in [3.63, 3.8) is 0 Å². The van der Waals surface area contributed by atoms with Crippen molar-refractivity contribution in [1.82, 2.24) is 14.5 Å². The van der Waals surface area contributed by atoms with Gasteiger partial charge in [-0.15, -0.1) is 0 Å². The maximum Gasteiger partial charge on any atom is 0.160 e. The first-order valence-corrected chi connectivity index (χ1v) is 11.3. The van der Waals surface area contributed by atoms with Gasteiger partial charge in [-0.3, -0.25) is 0 Å². The van der Waals surface area contributed by atoms with Gasteiger partial charge in [-0.1, -0.05) is 43.3 Å². The van der Waals surface area contributed by atoms with E-state index in [-0.39, 0.29) is 0 Å². The molecule has 1 aliphatic rings. The Morgan fingerprint density at radius 3 is 2.70 bits per heavy atom. The molecule has 0 saturated carbocycles. The highest BCUT2D eigenvalue weighted by Crippen LogP contribution is 2.39. The first-order chi connectivity index (χ1) is 16.0. The number of aromatic nitrogens is 3. The summed E-state index contributed by atoms with van der Waals surface area (Å²) in [7, 11) is 0.